The predicted octanol–water partition coefficient (Wildman–Crippen LogP) is 2.86. The first-order valence-corrected chi connectivity index (χ1v) is 8.87. The van der Waals surface area contributed by atoms with Crippen molar-refractivity contribution in [3.05, 3.63) is 53.9 Å². The molecular weight excluding hydrogens is 328 g/mol. The summed E-state index contributed by atoms with van der Waals surface area (Å²) in [6.45, 7) is 6.57. The summed E-state index contributed by atoms with van der Waals surface area (Å²) in [5, 5.41) is 3.30. The minimum atomic E-state index is -0.0538. The van der Waals surface area contributed by atoms with Crippen LogP contribution in [0.1, 0.15) is 35.7 Å². The molecule has 3 rings (SSSR count). The minimum absolute atomic E-state index is 0.0538. The summed E-state index contributed by atoms with van der Waals surface area (Å²) in [7, 11) is 0. The summed E-state index contributed by atoms with van der Waals surface area (Å²) >= 11 is 0. The Morgan fingerprint density at radius 3 is 2.38 bits per heavy atom. The van der Waals surface area contributed by atoms with Crippen molar-refractivity contribution in [3.8, 4) is 0 Å². The van der Waals surface area contributed by atoms with E-state index in [1.807, 2.05) is 18.2 Å². The van der Waals surface area contributed by atoms with Crippen molar-refractivity contribution in [2.45, 2.75) is 19.8 Å². The Labute approximate surface area is 153 Å². The highest BCUT2D eigenvalue weighted by Crippen LogP contribution is 2.21. The largest absolute Gasteiger partial charge is 0.354 e. The SMILES string of the molecule is CC(C)c1ccc(Nc2cncc(C(=O)N3CCN(C=O)CC3)c2)cc1. The third-order valence-corrected chi connectivity index (χ3v) is 4.60. The average Bonchev–Trinajstić information content (AvgIpc) is 2.68. The van der Waals surface area contributed by atoms with Gasteiger partial charge in [0.1, 0.15) is 0 Å². The van der Waals surface area contributed by atoms with Crippen LogP contribution < -0.4 is 5.32 Å². The number of piperazine rings is 1. The van der Waals surface area contributed by atoms with Crippen molar-refractivity contribution >= 4 is 23.7 Å². The second-order valence-electron chi connectivity index (χ2n) is 6.80. The normalized spacial score (nSPS) is 14.4. The zero-order valence-electron chi connectivity index (χ0n) is 15.2. The number of hydrogen-bond acceptors (Lipinski definition) is 4. The van der Waals surface area contributed by atoms with Crippen molar-refractivity contribution in [1.29, 1.82) is 0 Å². The van der Waals surface area contributed by atoms with Crippen LogP contribution in [0.2, 0.25) is 0 Å². The fourth-order valence-electron chi connectivity index (χ4n) is 2.96. The van der Waals surface area contributed by atoms with Crippen LogP contribution in [0.4, 0.5) is 11.4 Å². The molecule has 0 saturated carbocycles. The molecule has 1 saturated heterocycles. The Kier molecular flexibility index (Phi) is 5.51. The number of benzene rings is 1. The summed E-state index contributed by atoms with van der Waals surface area (Å²) in [5.41, 5.74) is 3.57. The van der Waals surface area contributed by atoms with E-state index in [9.17, 15) is 9.59 Å². The fourth-order valence-corrected chi connectivity index (χ4v) is 2.96. The number of rotatable bonds is 5. The van der Waals surface area contributed by atoms with Crippen molar-refractivity contribution < 1.29 is 9.59 Å². The molecule has 0 spiro atoms. The molecular formula is C20H24N4O2. The fraction of sp³-hybridized carbons (Fsp3) is 0.350. The Balaban J connectivity index is 1.68. The third kappa shape index (κ3) is 4.20. The molecule has 1 fully saturated rings. The number of hydrogen-bond donors (Lipinski definition) is 1. The van der Waals surface area contributed by atoms with Gasteiger partial charge in [-0.2, -0.15) is 0 Å². The smallest absolute Gasteiger partial charge is 0.255 e. The Bertz CT molecular complexity index is 766. The molecule has 2 aromatic rings. The molecule has 1 aromatic heterocycles. The highest BCUT2D eigenvalue weighted by Gasteiger charge is 2.21. The predicted molar refractivity (Wildman–Crippen MR) is 102 cm³/mol. The van der Waals surface area contributed by atoms with Crippen molar-refractivity contribution in [2.75, 3.05) is 31.5 Å². The van der Waals surface area contributed by atoms with Gasteiger partial charge in [0.15, 0.2) is 0 Å². The lowest BCUT2D eigenvalue weighted by molar-refractivity contribution is -0.119. The van der Waals surface area contributed by atoms with Gasteiger partial charge in [-0.15, -0.1) is 0 Å². The first kappa shape index (κ1) is 17.9. The number of anilines is 2. The van der Waals surface area contributed by atoms with Gasteiger partial charge in [0, 0.05) is 38.1 Å². The van der Waals surface area contributed by atoms with Crippen molar-refractivity contribution in [2.24, 2.45) is 0 Å². The van der Waals surface area contributed by atoms with Crippen molar-refractivity contribution in [1.82, 2.24) is 14.8 Å². The molecule has 136 valence electrons. The second-order valence-corrected chi connectivity index (χ2v) is 6.80. The number of nitrogens with zero attached hydrogens (tertiary/aromatic N) is 3. The molecule has 1 aliphatic rings. The first-order chi connectivity index (χ1) is 12.6. The molecule has 1 aliphatic heterocycles. The summed E-state index contributed by atoms with van der Waals surface area (Å²) in [4.78, 5) is 31.1. The van der Waals surface area contributed by atoms with E-state index in [1.54, 1.807) is 22.2 Å². The molecule has 2 heterocycles. The number of pyridine rings is 1. The molecule has 1 N–H and O–H groups in total. The summed E-state index contributed by atoms with van der Waals surface area (Å²) in [6.07, 6.45) is 4.12. The molecule has 0 radical (unpaired) electrons. The summed E-state index contributed by atoms with van der Waals surface area (Å²) in [6, 6.07) is 10.1. The highest BCUT2D eigenvalue weighted by atomic mass is 16.2. The minimum Gasteiger partial charge on any atom is -0.354 e. The van der Waals surface area contributed by atoms with E-state index in [0.29, 0.717) is 37.7 Å². The number of nitrogens with one attached hydrogen (secondary N) is 1. The number of aromatic nitrogens is 1. The van der Waals surface area contributed by atoms with Crippen LogP contribution in [0.25, 0.3) is 0 Å². The van der Waals surface area contributed by atoms with Gasteiger partial charge in [-0.3, -0.25) is 14.6 Å². The lowest BCUT2D eigenvalue weighted by Crippen LogP contribution is -2.48. The maximum absolute atomic E-state index is 12.7. The lowest BCUT2D eigenvalue weighted by Gasteiger charge is -2.32. The molecule has 6 heteroatoms. The van der Waals surface area contributed by atoms with E-state index in [-0.39, 0.29) is 5.91 Å². The molecule has 6 nitrogen and oxygen atoms in total. The molecule has 0 atom stereocenters. The molecule has 2 amide bonds. The van der Waals surface area contributed by atoms with Gasteiger partial charge in [0.2, 0.25) is 6.41 Å². The standard InChI is InChI=1S/C20H24N4O2/c1-15(2)16-3-5-18(6-4-16)22-19-11-17(12-21-13-19)20(26)24-9-7-23(14-25)8-10-24/h3-6,11-15,22H,7-10H2,1-2H3. The van der Waals surface area contributed by atoms with E-state index < -0.39 is 0 Å². The zero-order chi connectivity index (χ0) is 18.5. The number of amides is 2. The summed E-state index contributed by atoms with van der Waals surface area (Å²) < 4.78 is 0. The third-order valence-electron chi connectivity index (χ3n) is 4.60. The van der Waals surface area contributed by atoms with Crippen LogP contribution in [0.3, 0.4) is 0 Å². The molecule has 0 bridgehead atoms. The van der Waals surface area contributed by atoms with E-state index in [2.05, 4.69) is 36.3 Å². The van der Waals surface area contributed by atoms with E-state index in [1.165, 1.54) is 5.56 Å². The molecule has 26 heavy (non-hydrogen) atoms. The van der Waals surface area contributed by atoms with Crippen LogP contribution in [-0.2, 0) is 4.79 Å². The van der Waals surface area contributed by atoms with Gasteiger partial charge >= 0.3 is 0 Å². The van der Waals surface area contributed by atoms with Gasteiger partial charge in [0.05, 0.1) is 17.4 Å². The molecule has 0 unspecified atom stereocenters. The van der Waals surface area contributed by atoms with Crippen LogP contribution >= 0.6 is 0 Å². The van der Waals surface area contributed by atoms with Crippen LogP contribution in [0.5, 0.6) is 0 Å². The molecule has 0 aliphatic carbocycles. The average molecular weight is 352 g/mol. The van der Waals surface area contributed by atoms with Crippen molar-refractivity contribution in [3.63, 3.8) is 0 Å². The van der Waals surface area contributed by atoms with Gasteiger partial charge in [-0.1, -0.05) is 26.0 Å². The van der Waals surface area contributed by atoms with E-state index in [0.717, 1.165) is 17.8 Å². The summed E-state index contributed by atoms with van der Waals surface area (Å²) in [5.74, 6) is 0.438. The van der Waals surface area contributed by atoms with Gasteiger partial charge in [-0.05, 0) is 29.7 Å². The van der Waals surface area contributed by atoms with Crippen LogP contribution in [-0.4, -0.2) is 53.3 Å². The van der Waals surface area contributed by atoms with Gasteiger partial charge in [-0.25, -0.2) is 0 Å². The Hall–Kier alpha value is -2.89. The van der Waals surface area contributed by atoms with E-state index >= 15 is 0 Å². The number of carbonyl (C=O) groups is 2. The Morgan fingerprint density at radius 2 is 1.77 bits per heavy atom. The maximum atomic E-state index is 12.7. The van der Waals surface area contributed by atoms with Crippen LogP contribution in [0.15, 0.2) is 42.7 Å². The van der Waals surface area contributed by atoms with E-state index in [4.69, 9.17) is 0 Å². The monoisotopic (exact) mass is 352 g/mol. The first-order valence-electron chi connectivity index (χ1n) is 8.87. The topological polar surface area (TPSA) is 65.5 Å². The molecule has 1 aromatic carbocycles. The lowest BCUT2D eigenvalue weighted by atomic mass is 10.0. The van der Waals surface area contributed by atoms with Gasteiger partial charge < -0.3 is 15.1 Å². The highest BCUT2D eigenvalue weighted by molar-refractivity contribution is 5.95. The quantitative estimate of drug-likeness (QED) is 0.841. The number of carbonyl (C=O) groups excluding carboxylic acids is 2. The van der Waals surface area contributed by atoms with Gasteiger partial charge in [0.25, 0.3) is 5.91 Å². The second kappa shape index (κ2) is 7.99. The Morgan fingerprint density at radius 1 is 1.08 bits per heavy atom. The zero-order valence-corrected chi connectivity index (χ0v) is 15.2. The van der Waals surface area contributed by atoms with Crippen LogP contribution in [0, 0.1) is 0 Å². The maximum Gasteiger partial charge on any atom is 0.255 e.